The fourth-order valence-corrected chi connectivity index (χ4v) is 3.43. The molecular weight excluding hydrogens is 420 g/mol. The number of methoxy groups -OCH3 is 1. The number of rotatable bonds is 9. The van der Waals surface area contributed by atoms with Gasteiger partial charge < -0.3 is 14.8 Å². The predicted molar refractivity (Wildman–Crippen MR) is 111 cm³/mol. The van der Waals surface area contributed by atoms with Crippen molar-refractivity contribution in [3.63, 3.8) is 0 Å². The highest BCUT2D eigenvalue weighted by Crippen LogP contribution is 2.29. The third-order valence-electron chi connectivity index (χ3n) is 3.73. The number of nitro groups is 1. The van der Waals surface area contributed by atoms with Crippen molar-refractivity contribution >= 4 is 46.6 Å². The molecule has 1 unspecified atom stereocenters. The van der Waals surface area contributed by atoms with E-state index >= 15 is 0 Å². The number of hydrogen-bond acceptors (Lipinski definition) is 7. The highest BCUT2D eigenvalue weighted by molar-refractivity contribution is 7.99. The van der Waals surface area contributed by atoms with Gasteiger partial charge in [-0.2, -0.15) is 0 Å². The van der Waals surface area contributed by atoms with Crippen LogP contribution in [0.15, 0.2) is 47.4 Å². The molecule has 0 aliphatic heterocycles. The minimum absolute atomic E-state index is 0.0909. The fraction of sp³-hybridized carbons (Fsp3) is 0.263. The highest BCUT2D eigenvalue weighted by Gasteiger charge is 2.20. The Morgan fingerprint density at radius 3 is 2.66 bits per heavy atom. The summed E-state index contributed by atoms with van der Waals surface area (Å²) in [6.07, 6.45) is -0.995. The average molecular weight is 439 g/mol. The van der Waals surface area contributed by atoms with Gasteiger partial charge in [0.15, 0.2) is 6.10 Å². The first-order chi connectivity index (χ1) is 13.8. The van der Waals surface area contributed by atoms with E-state index in [4.69, 9.17) is 21.1 Å². The second-order valence-corrected chi connectivity index (χ2v) is 7.34. The molecule has 0 spiro atoms. The lowest BCUT2D eigenvalue weighted by Crippen LogP contribution is -2.30. The molecule has 29 heavy (non-hydrogen) atoms. The number of non-ortho nitro benzene ring substituents is 1. The van der Waals surface area contributed by atoms with Gasteiger partial charge in [-0.15, -0.1) is 11.8 Å². The molecule has 2 aromatic carbocycles. The van der Waals surface area contributed by atoms with E-state index in [1.807, 2.05) is 18.2 Å². The van der Waals surface area contributed by atoms with Crippen LogP contribution in [-0.4, -0.2) is 35.8 Å². The summed E-state index contributed by atoms with van der Waals surface area (Å²) in [4.78, 5) is 35.5. The standard InChI is InChI=1S/C19H19ClN2O6S/c1-12(28-18(23)9-10-29-17-6-4-3-5-14(17)20)19(24)21-15-11-13(22(25)26)7-8-16(15)27-2/h3-8,11-12H,9-10H2,1-2H3,(H,21,24). The second-order valence-electron chi connectivity index (χ2n) is 5.79. The van der Waals surface area contributed by atoms with Gasteiger partial charge in [0.25, 0.3) is 11.6 Å². The van der Waals surface area contributed by atoms with Gasteiger partial charge in [0.1, 0.15) is 5.75 Å². The molecule has 1 amide bonds. The molecule has 0 bridgehead atoms. The van der Waals surface area contributed by atoms with E-state index in [9.17, 15) is 19.7 Å². The van der Waals surface area contributed by atoms with Crippen molar-refractivity contribution in [2.45, 2.75) is 24.3 Å². The molecule has 0 heterocycles. The number of halogens is 1. The van der Waals surface area contributed by atoms with Crippen LogP contribution in [0.5, 0.6) is 5.75 Å². The van der Waals surface area contributed by atoms with E-state index in [-0.39, 0.29) is 23.5 Å². The Kier molecular flexibility index (Phi) is 8.29. The van der Waals surface area contributed by atoms with Crippen molar-refractivity contribution in [1.82, 2.24) is 0 Å². The van der Waals surface area contributed by atoms with Crippen molar-refractivity contribution < 1.29 is 24.0 Å². The summed E-state index contributed by atoms with van der Waals surface area (Å²) >= 11 is 7.46. The second kappa shape index (κ2) is 10.7. The quantitative estimate of drug-likeness (QED) is 0.269. The van der Waals surface area contributed by atoms with E-state index in [2.05, 4.69) is 5.32 Å². The summed E-state index contributed by atoms with van der Waals surface area (Å²) in [5.41, 5.74) is -0.0915. The Hall–Kier alpha value is -2.78. The molecular formula is C19H19ClN2O6S. The van der Waals surface area contributed by atoms with E-state index in [1.54, 1.807) is 6.07 Å². The van der Waals surface area contributed by atoms with Crippen LogP contribution in [0, 0.1) is 10.1 Å². The lowest BCUT2D eigenvalue weighted by atomic mass is 10.2. The lowest BCUT2D eigenvalue weighted by molar-refractivity contribution is -0.384. The van der Waals surface area contributed by atoms with Crippen LogP contribution in [0.1, 0.15) is 13.3 Å². The first-order valence-electron chi connectivity index (χ1n) is 8.52. The summed E-state index contributed by atoms with van der Waals surface area (Å²) in [5.74, 6) is -0.483. The van der Waals surface area contributed by atoms with Crippen LogP contribution >= 0.6 is 23.4 Å². The Morgan fingerprint density at radius 1 is 1.28 bits per heavy atom. The number of anilines is 1. The maximum Gasteiger partial charge on any atom is 0.307 e. The van der Waals surface area contributed by atoms with E-state index in [1.165, 1.54) is 44.0 Å². The van der Waals surface area contributed by atoms with Crippen LogP contribution in [0.4, 0.5) is 11.4 Å². The summed E-state index contributed by atoms with van der Waals surface area (Å²) in [6, 6.07) is 11.1. The van der Waals surface area contributed by atoms with Gasteiger partial charge in [-0.05, 0) is 25.1 Å². The number of nitrogens with zero attached hydrogens (tertiary/aromatic N) is 1. The number of carbonyl (C=O) groups excluding carboxylic acids is 2. The van der Waals surface area contributed by atoms with Gasteiger partial charge in [-0.3, -0.25) is 19.7 Å². The lowest BCUT2D eigenvalue weighted by Gasteiger charge is -2.15. The van der Waals surface area contributed by atoms with Gasteiger partial charge >= 0.3 is 5.97 Å². The van der Waals surface area contributed by atoms with Crippen LogP contribution in [-0.2, 0) is 14.3 Å². The van der Waals surface area contributed by atoms with Gasteiger partial charge in [0.2, 0.25) is 0 Å². The Bertz CT molecular complexity index is 908. The summed E-state index contributed by atoms with van der Waals surface area (Å²) in [5, 5.41) is 14.0. The number of amides is 1. The number of benzene rings is 2. The van der Waals surface area contributed by atoms with Crippen LogP contribution in [0.25, 0.3) is 0 Å². The summed E-state index contributed by atoms with van der Waals surface area (Å²) in [7, 11) is 1.37. The van der Waals surface area contributed by atoms with E-state index in [0.29, 0.717) is 10.8 Å². The molecule has 0 aromatic heterocycles. The molecule has 1 N–H and O–H groups in total. The van der Waals surface area contributed by atoms with Crippen LogP contribution < -0.4 is 10.1 Å². The fourth-order valence-electron chi connectivity index (χ4n) is 2.26. The number of hydrogen-bond donors (Lipinski definition) is 1. The van der Waals surface area contributed by atoms with Gasteiger partial charge in [-0.1, -0.05) is 23.7 Å². The molecule has 2 rings (SSSR count). The molecule has 8 nitrogen and oxygen atoms in total. The number of ether oxygens (including phenoxy) is 2. The zero-order valence-corrected chi connectivity index (χ0v) is 17.3. The number of esters is 1. The third-order valence-corrected chi connectivity index (χ3v) is 5.25. The van der Waals surface area contributed by atoms with E-state index < -0.39 is 22.9 Å². The molecule has 1 atom stereocenters. The molecule has 154 valence electrons. The Balaban J connectivity index is 1.88. The predicted octanol–water partition coefficient (Wildman–Crippen LogP) is 4.31. The topological polar surface area (TPSA) is 108 Å². The first kappa shape index (κ1) is 22.5. The Labute approximate surface area is 176 Å². The van der Waals surface area contributed by atoms with E-state index in [0.717, 1.165) is 4.90 Å². The first-order valence-corrected chi connectivity index (χ1v) is 9.88. The average Bonchev–Trinajstić information content (AvgIpc) is 2.69. The monoisotopic (exact) mass is 438 g/mol. The largest absolute Gasteiger partial charge is 0.495 e. The van der Waals surface area contributed by atoms with Crippen LogP contribution in [0.3, 0.4) is 0 Å². The maximum atomic E-state index is 12.3. The number of nitro benzene ring substituents is 1. The molecule has 2 aromatic rings. The Morgan fingerprint density at radius 2 is 2.00 bits per heavy atom. The summed E-state index contributed by atoms with van der Waals surface area (Å²) < 4.78 is 10.2. The van der Waals surface area contributed by atoms with Gasteiger partial charge in [0, 0.05) is 22.8 Å². The highest BCUT2D eigenvalue weighted by atomic mass is 35.5. The normalized spacial score (nSPS) is 11.4. The summed E-state index contributed by atoms with van der Waals surface area (Å²) in [6.45, 7) is 1.41. The van der Waals surface area contributed by atoms with Gasteiger partial charge in [0.05, 0.1) is 29.2 Å². The molecule has 0 fully saturated rings. The number of carbonyl (C=O) groups is 2. The molecule has 0 aliphatic rings. The molecule has 10 heteroatoms. The molecule has 0 saturated heterocycles. The number of thioether (sulfide) groups is 1. The smallest absolute Gasteiger partial charge is 0.307 e. The molecule has 0 aliphatic carbocycles. The van der Waals surface area contributed by atoms with Crippen molar-refractivity contribution in [2.24, 2.45) is 0 Å². The minimum atomic E-state index is -1.09. The van der Waals surface area contributed by atoms with Gasteiger partial charge in [-0.25, -0.2) is 0 Å². The molecule has 0 radical (unpaired) electrons. The maximum absolute atomic E-state index is 12.3. The van der Waals surface area contributed by atoms with Crippen molar-refractivity contribution in [3.8, 4) is 5.75 Å². The van der Waals surface area contributed by atoms with Crippen molar-refractivity contribution in [1.29, 1.82) is 0 Å². The molecule has 0 saturated carbocycles. The number of nitrogens with one attached hydrogen (secondary N) is 1. The van der Waals surface area contributed by atoms with Crippen molar-refractivity contribution in [2.75, 3.05) is 18.2 Å². The zero-order chi connectivity index (χ0) is 21.4. The SMILES string of the molecule is COc1ccc([N+](=O)[O-])cc1NC(=O)C(C)OC(=O)CCSc1ccccc1Cl. The van der Waals surface area contributed by atoms with Crippen molar-refractivity contribution in [3.05, 3.63) is 57.6 Å². The minimum Gasteiger partial charge on any atom is -0.495 e. The van der Waals surface area contributed by atoms with Crippen LogP contribution in [0.2, 0.25) is 5.02 Å². The zero-order valence-electron chi connectivity index (χ0n) is 15.7. The third kappa shape index (κ3) is 6.65.